The average molecular weight is 193 g/mol. The molecule has 3 nitrogen and oxygen atoms in total. The molecule has 1 aromatic carbocycles. The third-order valence-corrected chi connectivity index (χ3v) is 2.44. The summed E-state index contributed by atoms with van der Waals surface area (Å²) in [4.78, 5) is 0. The van der Waals surface area contributed by atoms with E-state index in [-0.39, 0.29) is 11.7 Å². The van der Waals surface area contributed by atoms with E-state index in [0.717, 1.165) is 10.9 Å². The summed E-state index contributed by atoms with van der Waals surface area (Å²) in [5.41, 5.74) is 6.87. The summed E-state index contributed by atoms with van der Waals surface area (Å²) in [6.07, 6.45) is 1.68. The number of nitrogens with one attached hydrogen (secondary N) is 1. The van der Waals surface area contributed by atoms with Crippen molar-refractivity contribution in [2.75, 3.05) is 6.54 Å². The van der Waals surface area contributed by atoms with Crippen LogP contribution in [0.4, 0.5) is 4.39 Å². The largest absolute Gasteiger partial charge is 0.330 e. The first-order chi connectivity index (χ1) is 6.72. The van der Waals surface area contributed by atoms with Crippen LogP contribution in [-0.4, -0.2) is 16.7 Å². The van der Waals surface area contributed by atoms with Crippen LogP contribution in [-0.2, 0) is 0 Å². The number of H-pyrrole nitrogens is 1. The van der Waals surface area contributed by atoms with E-state index in [4.69, 9.17) is 5.73 Å². The second kappa shape index (κ2) is 3.38. The smallest absolute Gasteiger partial charge is 0.128 e. The summed E-state index contributed by atoms with van der Waals surface area (Å²) in [6.45, 7) is 2.35. The Morgan fingerprint density at radius 1 is 1.57 bits per heavy atom. The van der Waals surface area contributed by atoms with Crippen LogP contribution in [0.2, 0.25) is 0 Å². The van der Waals surface area contributed by atoms with Gasteiger partial charge in [0.15, 0.2) is 0 Å². The van der Waals surface area contributed by atoms with Crippen molar-refractivity contribution in [3.63, 3.8) is 0 Å². The normalized spacial score (nSPS) is 13.4. The van der Waals surface area contributed by atoms with Crippen molar-refractivity contribution in [1.29, 1.82) is 0 Å². The number of aromatic amines is 1. The fourth-order valence-corrected chi connectivity index (χ4v) is 1.49. The summed E-state index contributed by atoms with van der Waals surface area (Å²) in [6, 6.07) is 3.26. The molecule has 1 atom stereocenters. The van der Waals surface area contributed by atoms with Gasteiger partial charge in [-0.3, -0.25) is 5.10 Å². The maximum atomic E-state index is 13.5. The standard InChI is InChI=1S/C10H12FN3/c1-6(4-12)8-2-7-5-13-14-10(7)3-9(8)11/h2-3,5-6H,4,12H2,1H3,(H,13,14). The molecule has 2 rings (SSSR count). The Balaban J connectivity index is 2.58. The molecule has 0 spiro atoms. The number of hydrogen-bond donors (Lipinski definition) is 2. The van der Waals surface area contributed by atoms with Crippen LogP contribution in [0, 0.1) is 5.82 Å². The molecule has 74 valence electrons. The zero-order valence-corrected chi connectivity index (χ0v) is 7.92. The summed E-state index contributed by atoms with van der Waals surface area (Å²) in [5, 5.41) is 7.49. The second-order valence-corrected chi connectivity index (χ2v) is 3.47. The Morgan fingerprint density at radius 2 is 2.36 bits per heavy atom. The van der Waals surface area contributed by atoms with Gasteiger partial charge in [0.1, 0.15) is 5.82 Å². The Labute approximate surface area is 81.1 Å². The highest BCUT2D eigenvalue weighted by molar-refractivity contribution is 5.78. The molecule has 0 aliphatic heterocycles. The van der Waals surface area contributed by atoms with Crippen molar-refractivity contribution in [3.05, 3.63) is 29.7 Å². The highest BCUT2D eigenvalue weighted by Gasteiger charge is 2.11. The summed E-state index contributed by atoms with van der Waals surface area (Å²) in [7, 11) is 0. The van der Waals surface area contributed by atoms with E-state index in [0.29, 0.717) is 12.1 Å². The summed E-state index contributed by atoms with van der Waals surface area (Å²) < 4.78 is 13.5. The second-order valence-electron chi connectivity index (χ2n) is 3.47. The van der Waals surface area contributed by atoms with Gasteiger partial charge in [-0.2, -0.15) is 5.10 Å². The van der Waals surface area contributed by atoms with Gasteiger partial charge >= 0.3 is 0 Å². The summed E-state index contributed by atoms with van der Waals surface area (Å²) in [5.74, 6) is -0.186. The fourth-order valence-electron chi connectivity index (χ4n) is 1.49. The molecule has 0 amide bonds. The molecule has 0 aliphatic carbocycles. The molecule has 0 radical (unpaired) electrons. The molecular weight excluding hydrogens is 181 g/mol. The monoisotopic (exact) mass is 193 g/mol. The minimum Gasteiger partial charge on any atom is -0.330 e. The molecule has 14 heavy (non-hydrogen) atoms. The molecule has 0 saturated carbocycles. The van der Waals surface area contributed by atoms with Gasteiger partial charge in [0.2, 0.25) is 0 Å². The number of aromatic nitrogens is 2. The topological polar surface area (TPSA) is 54.7 Å². The third-order valence-electron chi connectivity index (χ3n) is 2.44. The molecule has 0 saturated heterocycles. The van der Waals surface area contributed by atoms with Crippen LogP contribution in [0.15, 0.2) is 18.3 Å². The molecule has 0 aliphatic rings. The molecule has 1 heterocycles. The fraction of sp³-hybridized carbons (Fsp3) is 0.300. The van der Waals surface area contributed by atoms with Crippen molar-refractivity contribution in [3.8, 4) is 0 Å². The maximum absolute atomic E-state index is 13.5. The van der Waals surface area contributed by atoms with Crippen molar-refractivity contribution >= 4 is 10.9 Å². The number of benzene rings is 1. The molecule has 0 fully saturated rings. The Bertz CT molecular complexity index is 450. The van der Waals surface area contributed by atoms with E-state index in [1.54, 1.807) is 12.3 Å². The number of halogens is 1. The van der Waals surface area contributed by atoms with E-state index in [1.807, 2.05) is 6.92 Å². The highest BCUT2D eigenvalue weighted by Crippen LogP contribution is 2.22. The van der Waals surface area contributed by atoms with Crippen molar-refractivity contribution in [2.45, 2.75) is 12.8 Å². The first kappa shape index (κ1) is 9.15. The van der Waals surface area contributed by atoms with E-state index in [2.05, 4.69) is 10.2 Å². The summed E-state index contributed by atoms with van der Waals surface area (Å²) >= 11 is 0. The molecule has 0 bridgehead atoms. The molecule has 1 unspecified atom stereocenters. The van der Waals surface area contributed by atoms with Gasteiger partial charge < -0.3 is 5.73 Å². The van der Waals surface area contributed by atoms with E-state index in [9.17, 15) is 4.39 Å². The van der Waals surface area contributed by atoms with Gasteiger partial charge in [0, 0.05) is 5.39 Å². The van der Waals surface area contributed by atoms with Crippen LogP contribution in [0.3, 0.4) is 0 Å². The van der Waals surface area contributed by atoms with Gasteiger partial charge in [-0.05, 0) is 30.2 Å². The molecular formula is C10H12FN3. The van der Waals surface area contributed by atoms with E-state index < -0.39 is 0 Å². The lowest BCUT2D eigenvalue weighted by molar-refractivity contribution is 0.592. The number of nitrogens with two attached hydrogens (primary N) is 1. The SMILES string of the molecule is CC(CN)c1cc2cn[nH]c2cc1F. The van der Waals surface area contributed by atoms with Gasteiger partial charge in [0.05, 0.1) is 11.7 Å². The predicted octanol–water partition coefficient (Wildman–Crippen LogP) is 1.76. The first-order valence-electron chi connectivity index (χ1n) is 4.55. The number of fused-ring (bicyclic) bond motifs is 1. The van der Waals surface area contributed by atoms with E-state index in [1.165, 1.54) is 6.07 Å². The van der Waals surface area contributed by atoms with Gasteiger partial charge in [-0.15, -0.1) is 0 Å². The van der Waals surface area contributed by atoms with E-state index >= 15 is 0 Å². The van der Waals surface area contributed by atoms with Crippen LogP contribution in [0.5, 0.6) is 0 Å². The Hall–Kier alpha value is -1.42. The minimum absolute atomic E-state index is 0.0364. The molecule has 3 N–H and O–H groups in total. The van der Waals surface area contributed by atoms with Gasteiger partial charge in [-0.25, -0.2) is 4.39 Å². The molecule has 1 aromatic heterocycles. The zero-order chi connectivity index (χ0) is 10.1. The van der Waals surface area contributed by atoms with Crippen molar-refractivity contribution in [1.82, 2.24) is 10.2 Å². The lowest BCUT2D eigenvalue weighted by Gasteiger charge is -2.09. The average Bonchev–Trinajstić information content (AvgIpc) is 2.62. The quantitative estimate of drug-likeness (QED) is 0.763. The number of nitrogens with zero attached hydrogens (tertiary/aromatic N) is 1. The van der Waals surface area contributed by atoms with Gasteiger partial charge in [-0.1, -0.05) is 6.92 Å². The van der Waals surface area contributed by atoms with Crippen LogP contribution >= 0.6 is 0 Å². The van der Waals surface area contributed by atoms with Crippen LogP contribution < -0.4 is 5.73 Å². The first-order valence-corrected chi connectivity index (χ1v) is 4.55. The van der Waals surface area contributed by atoms with Crippen LogP contribution in [0.25, 0.3) is 10.9 Å². The lowest BCUT2D eigenvalue weighted by atomic mass is 9.99. The van der Waals surface area contributed by atoms with Crippen molar-refractivity contribution < 1.29 is 4.39 Å². The number of hydrogen-bond acceptors (Lipinski definition) is 2. The Kier molecular flexibility index (Phi) is 2.21. The minimum atomic E-state index is -0.222. The lowest BCUT2D eigenvalue weighted by Crippen LogP contribution is -2.10. The predicted molar refractivity (Wildman–Crippen MR) is 53.5 cm³/mol. The molecule has 4 heteroatoms. The van der Waals surface area contributed by atoms with Crippen molar-refractivity contribution in [2.24, 2.45) is 5.73 Å². The third kappa shape index (κ3) is 1.37. The van der Waals surface area contributed by atoms with Gasteiger partial charge in [0.25, 0.3) is 0 Å². The zero-order valence-electron chi connectivity index (χ0n) is 7.92. The number of rotatable bonds is 2. The Morgan fingerprint density at radius 3 is 3.07 bits per heavy atom. The highest BCUT2D eigenvalue weighted by atomic mass is 19.1. The van der Waals surface area contributed by atoms with Crippen LogP contribution in [0.1, 0.15) is 18.4 Å². The molecule has 2 aromatic rings. The maximum Gasteiger partial charge on any atom is 0.128 e.